The molecule has 33 heavy (non-hydrogen) atoms. The lowest BCUT2D eigenvalue weighted by molar-refractivity contribution is 0.0996. The second kappa shape index (κ2) is 8.19. The van der Waals surface area contributed by atoms with E-state index in [-0.39, 0.29) is 5.69 Å². The third-order valence-corrected chi connectivity index (χ3v) is 5.63. The summed E-state index contributed by atoms with van der Waals surface area (Å²) in [4.78, 5) is 16.4. The van der Waals surface area contributed by atoms with Gasteiger partial charge in [0.05, 0.1) is 21.9 Å². The van der Waals surface area contributed by atoms with Gasteiger partial charge in [0.1, 0.15) is 11.5 Å². The summed E-state index contributed by atoms with van der Waals surface area (Å²) < 4.78 is 3.36. The zero-order valence-corrected chi connectivity index (χ0v) is 18.7. The summed E-state index contributed by atoms with van der Waals surface area (Å²) in [6.07, 6.45) is 3.25. The van der Waals surface area contributed by atoms with E-state index in [0.29, 0.717) is 33.1 Å². The number of carbonyl (C=O) groups excluding carboxylic acids is 1. The highest BCUT2D eigenvalue weighted by atomic mass is 35.5. The van der Waals surface area contributed by atoms with E-state index in [1.165, 1.54) is 4.68 Å². The first-order chi connectivity index (χ1) is 15.9. The first-order valence-corrected chi connectivity index (χ1v) is 10.6. The molecule has 0 fully saturated rings. The molecule has 5 aromatic rings. The normalized spacial score (nSPS) is 11.1. The second-order valence-electron chi connectivity index (χ2n) is 7.21. The molecule has 0 aliphatic heterocycles. The van der Waals surface area contributed by atoms with Gasteiger partial charge >= 0.3 is 0 Å². The number of nitrogens with one attached hydrogen (secondary N) is 1. The number of anilines is 2. The van der Waals surface area contributed by atoms with Crippen molar-refractivity contribution < 1.29 is 4.79 Å². The summed E-state index contributed by atoms with van der Waals surface area (Å²) in [6.45, 7) is 1.98. The number of hydrogen-bond acceptors (Lipinski definition) is 6. The van der Waals surface area contributed by atoms with Crippen LogP contribution in [0.2, 0.25) is 10.0 Å². The Balaban J connectivity index is 1.48. The lowest BCUT2D eigenvalue weighted by Crippen LogP contribution is -2.14. The largest absolute Gasteiger partial charge is 0.364 e. The first-order valence-electron chi connectivity index (χ1n) is 9.80. The van der Waals surface area contributed by atoms with Crippen molar-refractivity contribution >= 4 is 46.3 Å². The molecule has 3 N–H and O–H groups in total. The lowest BCUT2D eigenvalue weighted by Gasteiger charge is -2.07. The Morgan fingerprint density at radius 1 is 1.03 bits per heavy atom. The first kappa shape index (κ1) is 20.9. The van der Waals surface area contributed by atoms with Crippen LogP contribution < -0.4 is 11.1 Å². The number of carbonyl (C=O) groups is 1. The summed E-state index contributed by atoms with van der Waals surface area (Å²) in [5.41, 5.74) is 8.91. The molecule has 1 aromatic carbocycles. The van der Waals surface area contributed by atoms with E-state index in [1.807, 2.05) is 35.6 Å². The number of fused-ring (bicyclic) bond motifs is 1. The number of amides is 1. The van der Waals surface area contributed by atoms with Crippen molar-refractivity contribution in [2.45, 2.75) is 6.92 Å². The maximum Gasteiger partial charge on any atom is 0.271 e. The summed E-state index contributed by atoms with van der Waals surface area (Å²) >= 11 is 12.6. The van der Waals surface area contributed by atoms with Gasteiger partial charge in [-0.05, 0) is 43.3 Å². The topological polar surface area (TPSA) is 116 Å². The van der Waals surface area contributed by atoms with Gasteiger partial charge in [-0.25, -0.2) is 9.67 Å². The number of aromatic nitrogens is 6. The van der Waals surface area contributed by atoms with Gasteiger partial charge < -0.3 is 11.1 Å². The average Bonchev–Trinajstić information content (AvgIpc) is 3.40. The Morgan fingerprint density at radius 2 is 1.79 bits per heavy atom. The number of nitrogens with two attached hydrogens (primary N) is 1. The molecule has 0 aliphatic carbocycles. The number of primary amides is 1. The fourth-order valence-electron chi connectivity index (χ4n) is 3.49. The molecular weight excluding hydrogens is 463 g/mol. The summed E-state index contributed by atoms with van der Waals surface area (Å²) in [7, 11) is 0. The quantitative estimate of drug-likeness (QED) is 0.385. The molecule has 9 nitrogen and oxygen atoms in total. The SMILES string of the molecule is Cc1cccc2nnc(-c3ccc(Nc4cn(-c5c(Cl)cccc5Cl)nc4C(N)=O)nc3)n12. The van der Waals surface area contributed by atoms with Gasteiger partial charge in [-0.15, -0.1) is 10.2 Å². The maximum atomic E-state index is 12.0. The van der Waals surface area contributed by atoms with Crippen molar-refractivity contribution in [1.82, 2.24) is 29.4 Å². The molecule has 0 saturated heterocycles. The van der Waals surface area contributed by atoms with Gasteiger partial charge in [-0.3, -0.25) is 9.20 Å². The van der Waals surface area contributed by atoms with E-state index >= 15 is 0 Å². The van der Waals surface area contributed by atoms with Gasteiger partial charge in [0.25, 0.3) is 5.91 Å². The van der Waals surface area contributed by atoms with Crippen LogP contribution in [0, 0.1) is 6.92 Å². The summed E-state index contributed by atoms with van der Waals surface area (Å²) in [5, 5.41) is 16.6. The van der Waals surface area contributed by atoms with Gasteiger partial charge in [-0.2, -0.15) is 5.10 Å². The molecule has 5 rings (SSSR count). The average molecular weight is 479 g/mol. The van der Waals surface area contributed by atoms with Crippen LogP contribution in [0.4, 0.5) is 11.5 Å². The van der Waals surface area contributed by atoms with Crippen molar-refractivity contribution in [3.05, 3.63) is 82.4 Å². The number of para-hydroxylation sites is 1. The molecule has 0 unspecified atom stereocenters. The van der Waals surface area contributed by atoms with Crippen molar-refractivity contribution in [3.63, 3.8) is 0 Å². The van der Waals surface area contributed by atoms with E-state index in [1.54, 1.807) is 36.7 Å². The predicted molar refractivity (Wildman–Crippen MR) is 126 cm³/mol. The van der Waals surface area contributed by atoms with Crippen LogP contribution in [0.5, 0.6) is 0 Å². The monoisotopic (exact) mass is 478 g/mol. The molecule has 164 valence electrons. The van der Waals surface area contributed by atoms with Gasteiger partial charge in [0, 0.05) is 17.5 Å². The highest BCUT2D eigenvalue weighted by Crippen LogP contribution is 2.30. The highest BCUT2D eigenvalue weighted by molar-refractivity contribution is 6.37. The Labute approximate surface area is 197 Å². The minimum atomic E-state index is -0.707. The standard InChI is InChI=1S/C22H16Cl2N8O/c1-12-4-2-7-18-28-29-22(32(12)18)13-8-9-17(26-10-13)27-16-11-31(30-19(16)21(25)33)20-14(23)5-3-6-15(20)24/h2-11H,1H3,(H2,25,33)(H,26,27). The van der Waals surface area contributed by atoms with Crippen LogP contribution in [0.15, 0.2) is 60.9 Å². The zero-order valence-electron chi connectivity index (χ0n) is 17.2. The fourth-order valence-corrected chi connectivity index (χ4v) is 4.07. The Bertz CT molecular complexity index is 1490. The van der Waals surface area contributed by atoms with E-state index in [2.05, 4.69) is 25.6 Å². The molecule has 0 aliphatic rings. The minimum absolute atomic E-state index is 0.0240. The third-order valence-electron chi connectivity index (χ3n) is 5.02. The second-order valence-corrected chi connectivity index (χ2v) is 8.03. The van der Waals surface area contributed by atoms with Crippen LogP contribution in [-0.2, 0) is 0 Å². The summed E-state index contributed by atoms with van der Waals surface area (Å²) in [5.74, 6) is 0.458. The highest BCUT2D eigenvalue weighted by Gasteiger charge is 2.18. The molecule has 0 spiro atoms. The molecule has 1 amide bonds. The van der Waals surface area contributed by atoms with E-state index in [9.17, 15) is 4.79 Å². The number of aryl methyl sites for hydroxylation is 1. The molecule has 0 bridgehead atoms. The number of benzene rings is 1. The van der Waals surface area contributed by atoms with Gasteiger partial charge in [0.15, 0.2) is 17.2 Å². The maximum absolute atomic E-state index is 12.0. The Morgan fingerprint density at radius 3 is 2.48 bits per heavy atom. The van der Waals surface area contributed by atoms with Crippen LogP contribution in [0.25, 0.3) is 22.7 Å². The van der Waals surface area contributed by atoms with Crippen molar-refractivity contribution in [2.75, 3.05) is 5.32 Å². The van der Waals surface area contributed by atoms with E-state index in [4.69, 9.17) is 28.9 Å². The molecule has 11 heteroatoms. The number of nitrogens with zero attached hydrogens (tertiary/aromatic N) is 6. The van der Waals surface area contributed by atoms with Gasteiger partial charge in [0.2, 0.25) is 0 Å². The molecule has 0 saturated carbocycles. The van der Waals surface area contributed by atoms with Crippen molar-refractivity contribution in [1.29, 1.82) is 0 Å². The third kappa shape index (κ3) is 3.77. The molecular formula is C22H16Cl2N8O. The molecule has 4 heterocycles. The molecule has 0 atom stereocenters. The number of halogens is 2. The lowest BCUT2D eigenvalue weighted by atomic mass is 10.2. The van der Waals surface area contributed by atoms with Crippen molar-refractivity contribution in [2.24, 2.45) is 5.73 Å². The minimum Gasteiger partial charge on any atom is -0.364 e. The summed E-state index contributed by atoms with van der Waals surface area (Å²) in [6, 6.07) is 14.5. The van der Waals surface area contributed by atoms with E-state index in [0.717, 1.165) is 16.9 Å². The number of rotatable bonds is 5. The van der Waals surface area contributed by atoms with Crippen LogP contribution in [0.3, 0.4) is 0 Å². The van der Waals surface area contributed by atoms with E-state index < -0.39 is 5.91 Å². The fraction of sp³-hybridized carbons (Fsp3) is 0.0455. The van der Waals surface area contributed by atoms with Crippen molar-refractivity contribution in [3.8, 4) is 17.1 Å². The zero-order chi connectivity index (χ0) is 23.1. The Hall–Kier alpha value is -3.95. The predicted octanol–water partition coefficient (Wildman–Crippen LogP) is 4.43. The van der Waals surface area contributed by atoms with Gasteiger partial charge in [-0.1, -0.05) is 35.3 Å². The smallest absolute Gasteiger partial charge is 0.271 e. The van der Waals surface area contributed by atoms with Crippen LogP contribution >= 0.6 is 23.2 Å². The van der Waals surface area contributed by atoms with Crippen LogP contribution in [0.1, 0.15) is 16.2 Å². The van der Waals surface area contributed by atoms with Crippen LogP contribution in [-0.4, -0.2) is 35.3 Å². The Kier molecular flexibility index (Phi) is 5.20. The number of pyridine rings is 2. The number of hydrogen-bond donors (Lipinski definition) is 2. The molecule has 4 aromatic heterocycles. The molecule has 0 radical (unpaired) electrons.